The molecule has 5 nitrogen and oxygen atoms in total. The Labute approximate surface area is 83.2 Å². The van der Waals surface area contributed by atoms with Gasteiger partial charge in [-0.25, -0.2) is 4.79 Å². The quantitative estimate of drug-likeness (QED) is 0.457. The molecule has 2 N–H and O–H groups in total. The smallest absolute Gasteiger partial charge is 0.397 e. The summed E-state index contributed by atoms with van der Waals surface area (Å²) >= 11 is 0. The fourth-order valence-electron chi connectivity index (χ4n) is 1.52. The molecule has 80 valence electrons. The number of ether oxygens (including phenoxy) is 1. The van der Waals surface area contributed by atoms with Crippen molar-refractivity contribution in [3.63, 3.8) is 0 Å². The van der Waals surface area contributed by atoms with Gasteiger partial charge in [-0.3, -0.25) is 4.79 Å². The van der Waals surface area contributed by atoms with Crippen LogP contribution in [0.4, 0.5) is 0 Å². The van der Waals surface area contributed by atoms with E-state index in [9.17, 15) is 9.59 Å². The van der Waals surface area contributed by atoms with Crippen LogP contribution < -0.4 is 5.73 Å². The van der Waals surface area contributed by atoms with Crippen LogP contribution in [0.15, 0.2) is 0 Å². The van der Waals surface area contributed by atoms with Crippen LogP contribution in [-0.4, -0.2) is 42.5 Å². The lowest BCUT2D eigenvalue weighted by Crippen LogP contribution is -2.48. The van der Waals surface area contributed by atoms with Crippen molar-refractivity contribution in [2.75, 3.05) is 19.7 Å². The number of nitrogens with zero attached hydrogens (tertiary/aromatic N) is 1. The minimum absolute atomic E-state index is 0.0119. The Balaban J connectivity index is 2.47. The highest BCUT2D eigenvalue weighted by atomic mass is 16.5. The first-order valence-electron chi connectivity index (χ1n) is 4.86. The van der Waals surface area contributed by atoms with Crippen molar-refractivity contribution in [3.8, 4) is 0 Å². The summed E-state index contributed by atoms with van der Waals surface area (Å²) in [6, 6.07) is -0.0119. The molecule has 14 heavy (non-hydrogen) atoms. The van der Waals surface area contributed by atoms with Crippen LogP contribution in [0.2, 0.25) is 0 Å². The average Bonchev–Trinajstić information content (AvgIpc) is 2.17. The molecule has 1 unspecified atom stereocenters. The highest BCUT2D eigenvalue weighted by Gasteiger charge is 2.26. The fourth-order valence-corrected chi connectivity index (χ4v) is 1.52. The summed E-state index contributed by atoms with van der Waals surface area (Å²) in [4.78, 5) is 24.0. The van der Waals surface area contributed by atoms with Crippen LogP contribution in [-0.2, 0) is 14.3 Å². The first-order valence-corrected chi connectivity index (χ1v) is 4.86. The number of carbonyl (C=O) groups excluding carboxylic acids is 2. The Morgan fingerprint density at radius 2 is 2.29 bits per heavy atom. The molecular weight excluding hydrogens is 184 g/mol. The fraction of sp³-hybridized carbons (Fsp3) is 0.778. The summed E-state index contributed by atoms with van der Waals surface area (Å²) in [6.45, 7) is 2.96. The minimum atomic E-state index is -0.776. The van der Waals surface area contributed by atoms with Gasteiger partial charge in [0.2, 0.25) is 0 Å². The third kappa shape index (κ3) is 2.70. The van der Waals surface area contributed by atoms with Gasteiger partial charge < -0.3 is 15.4 Å². The summed E-state index contributed by atoms with van der Waals surface area (Å²) in [5.41, 5.74) is 5.69. The summed E-state index contributed by atoms with van der Waals surface area (Å²) in [7, 11) is 0. The number of nitrogens with two attached hydrogens (primary N) is 1. The standard InChI is InChI=1S/C9H16N2O3/c1-2-14-9(13)8(12)11-5-3-4-7(10)6-11/h7H,2-6,10H2,1H3. The summed E-state index contributed by atoms with van der Waals surface area (Å²) in [6.07, 6.45) is 1.76. The first-order chi connectivity index (χ1) is 6.65. The van der Waals surface area contributed by atoms with Crippen LogP contribution >= 0.6 is 0 Å². The van der Waals surface area contributed by atoms with E-state index in [2.05, 4.69) is 4.74 Å². The van der Waals surface area contributed by atoms with Gasteiger partial charge in [-0.1, -0.05) is 0 Å². The van der Waals surface area contributed by atoms with Crippen molar-refractivity contribution in [2.45, 2.75) is 25.8 Å². The zero-order valence-electron chi connectivity index (χ0n) is 8.36. The van der Waals surface area contributed by atoms with E-state index in [0.717, 1.165) is 12.8 Å². The number of rotatable bonds is 1. The molecule has 1 rings (SSSR count). The van der Waals surface area contributed by atoms with E-state index >= 15 is 0 Å². The van der Waals surface area contributed by atoms with Gasteiger partial charge in [-0.2, -0.15) is 0 Å². The maximum Gasteiger partial charge on any atom is 0.397 e. The van der Waals surface area contributed by atoms with Gasteiger partial charge in [0.25, 0.3) is 0 Å². The molecule has 1 heterocycles. The van der Waals surface area contributed by atoms with Crippen molar-refractivity contribution >= 4 is 11.9 Å². The SMILES string of the molecule is CCOC(=O)C(=O)N1CCCC(N)C1. The second-order valence-electron chi connectivity index (χ2n) is 3.37. The van der Waals surface area contributed by atoms with E-state index in [0.29, 0.717) is 13.1 Å². The highest BCUT2D eigenvalue weighted by molar-refractivity contribution is 6.32. The maximum absolute atomic E-state index is 11.4. The predicted molar refractivity (Wildman–Crippen MR) is 50.4 cm³/mol. The molecule has 0 aromatic carbocycles. The molecule has 1 saturated heterocycles. The molecule has 0 aliphatic carbocycles. The summed E-state index contributed by atoms with van der Waals surface area (Å²) in [5, 5.41) is 0. The zero-order valence-corrected chi connectivity index (χ0v) is 8.36. The molecule has 5 heteroatoms. The molecule has 0 aromatic rings. The first kappa shape index (κ1) is 11.0. The van der Waals surface area contributed by atoms with Crippen molar-refractivity contribution in [1.82, 2.24) is 4.90 Å². The topological polar surface area (TPSA) is 72.6 Å². The van der Waals surface area contributed by atoms with Gasteiger partial charge >= 0.3 is 11.9 Å². The Kier molecular flexibility index (Phi) is 3.88. The lowest BCUT2D eigenvalue weighted by molar-refractivity contribution is -0.160. The van der Waals surface area contributed by atoms with Crippen LogP contribution in [0.1, 0.15) is 19.8 Å². The molecule has 0 aromatic heterocycles. The molecule has 0 radical (unpaired) electrons. The number of carbonyl (C=O) groups is 2. The number of amides is 1. The Morgan fingerprint density at radius 3 is 2.86 bits per heavy atom. The maximum atomic E-state index is 11.4. The third-order valence-electron chi connectivity index (χ3n) is 2.20. The Morgan fingerprint density at radius 1 is 1.57 bits per heavy atom. The lowest BCUT2D eigenvalue weighted by atomic mass is 10.1. The second-order valence-corrected chi connectivity index (χ2v) is 3.37. The molecule has 1 amide bonds. The van der Waals surface area contributed by atoms with Gasteiger partial charge in [0, 0.05) is 19.1 Å². The molecule has 0 bridgehead atoms. The van der Waals surface area contributed by atoms with E-state index in [1.165, 1.54) is 4.90 Å². The van der Waals surface area contributed by atoms with Crippen LogP contribution in [0, 0.1) is 0 Å². The van der Waals surface area contributed by atoms with Crippen molar-refractivity contribution in [2.24, 2.45) is 5.73 Å². The van der Waals surface area contributed by atoms with Crippen molar-refractivity contribution < 1.29 is 14.3 Å². The van der Waals surface area contributed by atoms with Crippen molar-refractivity contribution in [3.05, 3.63) is 0 Å². The van der Waals surface area contributed by atoms with Crippen molar-refractivity contribution in [1.29, 1.82) is 0 Å². The Bertz CT molecular complexity index is 230. The largest absolute Gasteiger partial charge is 0.459 e. The number of hydrogen-bond donors (Lipinski definition) is 1. The van der Waals surface area contributed by atoms with E-state index < -0.39 is 11.9 Å². The molecule has 1 fully saturated rings. The normalized spacial score (nSPS) is 21.9. The minimum Gasteiger partial charge on any atom is -0.459 e. The molecular formula is C9H16N2O3. The van der Waals surface area contributed by atoms with Gasteiger partial charge in [0.15, 0.2) is 0 Å². The third-order valence-corrected chi connectivity index (χ3v) is 2.20. The van der Waals surface area contributed by atoms with Gasteiger partial charge in [0.1, 0.15) is 0 Å². The second kappa shape index (κ2) is 4.95. The Hall–Kier alpha value is -1.10. The molecule has 1 aliphatic heterocycles. The van der Waals surface area contributed by atoms with E-state index in [4.69, 9.17) is 5.73 Å². The highest BCUT2D eigenvalue weighted by Crippen LogP contribution is 2.08. The lowest BCUT2D eigenvalue weighted by Gasteiger charge is -2.29. The van der Waals surface area contributed by atoms with Gasteiger partial charge in [-0.15, -0.1) is 0 Å². The average molecular weight is 200 g/mol. The monoisotopic (exact) mass is 200 g/mol. The molecule has 1 aliphatic rings. The van der Waals surface area contributed by atoms with E-state index in [1.807, 2.05) is 0 Å². The van der Waals surface area contributed by atoms with Gasteiger partial charge in [0.05, 0.1) is 6.61 Å². The van der Waals surface area contributed by atoms with E-state index in [-0.39, 0.29) is 12.6 Å². The van der Waals surface area contributed by atoms with Crippen LogP contribution in [0.25, 0.3) is 0 Å². The number of likely N-dealkylation sites (tertiary alicyclic amines) is 1. The molecule has 0 saturated carbocycles. The summed E-state index contributed by atoms with van der Waals surface area (Å²) in [5.74, 6) is -1.34. The summed E-state index contributed by atoms with van der Waals surface area (Å²) < 4.78 is 4.62. The van der Waals surface area contributed by atoms with Crippen LogP contribution in [0.3, 0.4) is 0 Å². The van der Waals surface area contributed by atoms with E-state index in [1.54, 1.807) is 6.92 Å². The van der Waals surface area contributed by atoms with Gasteiger partial charge in [-0.05, 0) is 19.8 Å². The molecule has 0 spiro atoms. The number of hydrogen-bond acceptors (Lipinski definition) is 4. The zero-order chi connectivity index (χ0) is 10.6. The number of esters is 1. The molecule has 1 atom stereocenters. The predicted octanol–water partition coefficient (Wildman–Crippen LogP) is -0.501. The number of piperidine rings is 1. The van der Waals surface area contributed by atoms with Crippen LogP contribution in [0.5, 0.6) is 0 Å².